The lowest BCUT2D eigenvalue weighted by molar-refractivity contribution is -0.117. The van der Waals surface area contributed by atoms with E-state index in [0.717, 1.165) is 66.8 Å². The van der Waals surface area contributed by atoms with E-state index in [9.17, 15) is 4.79 Å². The molecular weight excluding hydrogens is 498 g/mol. The van der Waals surface area contributed by atoms with Crippen LogP contribution in [0.1, 0.15) is 12.8 Å². The summed E-state index contributed by atoms with van der Waals surface area (Å²) >= 11 is 1.54. The van der Waals surface area contributed by atoms with E-state index in [0.29, 0.717) is 11.8 Å². The van der Waals surface area contributed by atoms with Crippen molar-refractivity contribution >= 4 is 41.1 Å². The lowest BCUT2D eigenvalue weighted by Crippen LogP contribution is -2.55. The minimum absolute atomic E-state index is 0.0998. The van der Waals surface area contributed by atoms with Crippen LogP contribution in [0.5, 0.6) is 0 Å². The standard InChI is InChI=1S/C27H31N9OS/c1-35-12-14-36(15-13-35)26-30-25(29-23-17-22(33-34-23)18-6-3-2-4-7-18)31-27(32-26)38-21-9-5-8-20(16-21)28-24(37)19-10-11-19/h2-9,16-17,19,27H,10-15H2,1H3,(H,28,37)(H3,29,30,31,32,33,34). The lowest BCUT2D eigenvalue weighted by Gasteiger charge is -2.36. The van der Waals surface area contributed by atoms with Crippen LogP contribution >= 0.6 is 11.8 Å². The van der Waals surface area contributed by atoms with Crippen LogP contribution in [-0.2, 0) is 4.79 Å². The van der Waals surface area contributed by atoms with Gasteiger partial charge in [-0.2, -0.15) is 5.10 Å². The Morgan fingerprint density at radius 2 is 1.82 bits per heavy atom. The quantitative estimate of drug-likeness (QED) is 0.387. The lowest BCUT2D eigenvalue weighted by atomic mass is 10.2. The van der Waals surface area contributed by atoms with Crippen molar-refractivity contribution in [3.05, 3.63) is 60.7 Å². The number of thioether (sulfide) groups is 1. The fourth-order valence-corrected chi connectivity index (χ4v) is 5.25. The average Bonchev–Trinajstić information content (AvgIpc) is 3.69. The van der Waals surface area contributed by atoms with Gasteiger partial charge < -0.3 is 20.4 Å². The Bertz CT molecular complexity index is 1340. The molecule has 196 valence electrons. The molecule has 2 fully saturated rings. The molecule has 1 aromatic heterocycles. The smallest absolute Gasteiger partial charge is 0.227 e. The number of aliphatic imine (C=N–C) groups is 2. The number of H-pyrrole nitrogens is 1. The maximum Gasteiger partial charge on any atom is 0.227 e. The number of anilines is 2. The molecule has 1 aliphatic carbocycles. The second-order valence-electron chi connectivity index (χ2n) is 9.74. The van der Waals surface area contributed by atoms with Gasteiger partial charge in [-0.3, -0.25) is 15.2 Å². The molecule has 4 N–H and O–H groups in total. The molecule has 1 unspecified atom stereocenters. The molecule has 2 aliphatic heterocycles. The second-order valence-corrected chi connectivity index (χ2v) is 10.9. The topological polar surface area (TPSA) is 113 Å². The predicted molar refractivity (Wildman–Crippen MR) is 152 cm³/mol. The van der Waals surface area contributed by atoms with Crippen LogP contribution in [0.3, 0.4) is 0 Å². The van der Waals surface area contributed by atoms with E-state index in [1.54, 1.807) is 11.8 Å². The molecule has 1 amide bonds. The molecule has 0 spiro atoms. The number of likely N-dealkylation sites (N-methyl/N-ethyl adjacent to an activating group) is 1. The van der Waals surface area contributed by atoms with Crippen molar-refractivity contribution in [1.82, 2.24) is 25.3 Å². The first-order chi connectivity index (χ1) is 18.6. The van der Waals surface area contributed by atoms with Crippen molar-refractivity contribution < 1.29 is 4.79 Å². The van der Waals surface area contributed by atoms with Crippen molar-refractivity contribution in [2.45, 2.75) is 23.2 Å². The van der Waals surface area contributed by atoms with Crippen molar-refractivity contribution in [3.63, 3.8) is 0 Å². The zero-order valence-electron chi connectivity index (χ0n) is 21.2. The first kappa shape index (κ1) is 24.5. The summed E-state index contributed by atoms with van der Waals surface area (Å²) in [6, 6.07) is 19.9. The molecule has 10 nitrogen and oxygen atoms in total. The van der Waals surface area contributed by atoms with Crippen molar-refractivity contribution in [2.24, 2.45) is 15.9 Å². The van der Waals surface area contributed by atoms with Crippen LogP contribution in [0.4, 0.5) is 11.5 Å². The number of rotatable bonds is 6. The monoisotopic (exact) mass is 529 g/mol. The Morgan fingerprint density at radius 3 is 2.61 bits per heavy atom. The normalized spacial score (nSPS) is 19.8. The van der Waals surface area contributed by atoms with Gasteiger partial charge in [0.15, 0.2) is 11.3 Å². The summed E-state index contributed by atoms with van der Waals surface area (Å²) in [6.45, 7) is 3.72. The highest BCUT2D eigenvalue weighted by Crippen LogP contribution is 2.32. The number of aromatic amines is 1. The van der Waals surface area contributed by atoms with Crippen LogP contribution in [0.25, 0.3) is 11.3 Å². The summed E-state index contributed by atoms with van der Waals surface area (Å²) in [6.07, 6.45) is 1.96. The number of guanidine groups is 2. The van der Waals surface area contributed by atoms with Gasteiger partial charge in [-0.05, 0) is 43.7 Å². The van der Waals surface area contributed by atoms with Gasteiger partial charge in [0.1, 0.15) is 0 Å². The number of carbonyl (C=O) groups is 1. The molecule has 3 aromatic rings. The minimum Gasteiger partial charge on any atom is -0.340 e. The van der Waals surface area contributed by atoms with Gasteiger partial charge in [-0.1, -0.05) is 48.2 Å². The molecule has 38 heavy (non-hydrogen) atoms. The predicted octanol–water partition coefficient (Wildman–Crippen LogP) is 3.48. The summed E-state index contributed by atoms with van der Waals surface area (Å²) < 4.78 is 0. The number of hydrogen-bond acceptors (Lipinski definition) is 9. The number of nitrogens with zero attached hydrogens (tertiary/aromatic N) is 5. The van der Waals surface area contributed by atoms with Crippen LogP contribution < -0.4 is 16.0 Å². The molecule has 2 aromatic carbocycles. The zero-order valence-corrected chi connectivity index (χ0v) is 22.0. The van der Waals surface area contributed by atoms with Crippen molar-refractivity contribution in [1.29, 1.82) is 0 Å². The SMILES string of the molecule is CN1CCN(C2=NC(Sc3cccc(NC(=O)C4CC4)c3)N=C(Nc3cc(-c4ccccc4)[nH]n3)N2)CC1. The highest BCUT2D eigenvalue weighted by atomic mass is 32.2. The Hall–Kier alpha value is -3.83. The van der Waals surface area contributed by atoms with Gasteiger partial charge in [-0.15, -0.1) is 0 Å². The second kappa shape index (κ2) is 10.9. The Balaban J connectivity index is 1.20. The third-order valence-electron chi connectivity index (χ3n) is 6.71. The third kappa shape index (κ3) is 6.00. The minimum atomic E-state index is -0.393. The maximum atomic E-state index is 12.2. The number of nitrogens with one attached hydrogen (secondary N) is 4. The maximum absolute atomic E-state index is 12.2. The molecule has 11 heteroatoms. The van der Waals surface area contributed by atoms with Crippen LogP contribution in [0.2, 0.25) is 0 Å². The summed E-state index contributed by atoms with van der Waals surface area (Å²) in [5.74, 6) is 2.32. The third-order valence-corrected chi connectivity index (χ3v) is 7.65. The van der Waals surface area contributed by atoms with Gasteiger partial charge in [0.2, 0.25) is 17.8 Å². The first-order valence-corrected chi connectivity index (χ1v) is 13.8. The molecule has 3 aliphatic rings. The van der Waals surface area contributed by atoms with Gasteiger partial charge in [-0.25, -0.2) is 9.98 Å². The summed E-state index contributed by atoms with van der Waals surface area (Å²) in [7, 11) is 2.14. The fourth-order valence-electron chi connectivity index (χ4n) is 4.34. The van der Waals surface area contributed by atoms with E-state index in [-0.39, 0.29) is 11.8 Å². The van der Waals surface area contributed by atoms with E-state index in [4.69, 9.17) is 9.98 Å². The molecule has 1 saturated heterocycles. The molecule has 1 atom stereocenters. The number of carbonyl (C=O) groups excluding carboxylic acids is 1. The van der Waals surface area contributed by atoms with Crippen LogP contribution in [-0.4, -0.2) is 76.5 Å². The average molecular weight is 530 g/mol. The first-order valence-electron chi connectivity index (χ1n) is 12.9. The van der Waals surface area contributed by atoms with Gasteiger partial charge in [0, 0.05) is 48.7 Å². The largest absolute Gasteiger partial charge is 0.340 e. The van der Waals surface area contributed by atoms with E-state index in [1.807, 2.05) is 60.7 Å². The molecule has 0 bridgehead atoms. The molecule has 1 saturated carbocycles. The number of hydrogen-bond donors (Lipinski definition) is 4. The van der Waals surface area contributed by atoms with E-state index in [1.165, 1.54) is 0 Å². The number of benzene rings is 2. The molecule has 3 heterocycles. The molecule has 0 radical (unpaired) electrons. The fraction of sp³-hybridized carbons (Fsp3) is 0.333. The summed E-state index contributed by atoms with van der Waals surface area (Å²) in [4.78, 5) is 27.6. The summed E-state index contributed by atoms with van der Waals surface area (Å²) in [5.41, 5.74) is 2.40. The Kier molecular flexibility index (Phi) is 7.02. The highest BCUT2D eigenvalue weighted by molar-refractivity contribution is 8.00. The van der Waals surface area contributed by atoms with E-state index >= 15 is 0 Å². The van der Waals surface area contributed by atoms with Crippen molar-refractivity contribution in [3.8, 4) is 11.3 Å². The summed E-state index contributed by atoms with van der Waals surface area (Å²) in [5, 5.41) is 17.3. The van der Waals surface area contributed by atoms with E-state index in [2.05, 4.69) is 43.0 Å². The molecule has 6 rings (SSSR count). The van der Waals surface area contributed by atoms with Gasteiger partial charge >= 0.3 is 0 Å². The van der Waals surface area contributed by atoms with Crippen LogP contribution in [0.15, 0.2) is 75.5 Å². The Morgan fingerprint density at radius 1 is 1.00 bits per heavy atom. The van der Waals surface area contributed by atoms with Gasteiger partial charge in [0.05, 0.1) is 5.69 Å². The number of amides is 1. The van der Waals surface area contributed by atoms with Gasteiger partial charge in [0.25, 0.3) is 0 Å². The zero-order chi connectivity index (χ0) is 25.9. The van der Waals surface area contributed by atoms with Crippen molar-refractivity contribution in [2.75, 3.05) is 43.9 Å². The van der Waals surface area contributed by atoms with Crippen LogP contribution in [0, 0.1) is 5.92 Å². The highest BCUT2D eigenvalue weighted by Gasteiger charge is 2.30. The molecular formula is C27H31N9OS. The Labute approximate surface area is 226 Å². The number of aromatic nitrogens is 2. The van der Waals surface area contributed by atoms with E-state index < -0.39 is 5.50 Å². The number of piperazine rings is 1.